The fourth-order valence-electron chi connectivity index (χ4n) is 2.47. The molecule has 1 fully saturated rings. The van der Waals surface area contributed by atoms with Gasteiger partial charge < -0.3 is 20.1 Å². The van der Waals surface area contributed by atoms with Gasteiger partial charge in [-0.3, -0.25) is 4.79 Å². The minimum atomic E-state index is -0.653. The van der Waals surface area contributed by atoms with Crippen molar-refractivity contribution < 1.29 is 19.1 Å². The zero-order chi connectivity index (χ0) is 14.6. The Labute approximate surface area is 114 Å². The van der Waals surface area contributed by atoms with Crippen LogP contribution in [0.15, 0.2) is 0 Å². The molecule has 0 aromatic heterocycles. The molecule has 110 valence electrons. The Bertz CT molecular complexity index is 344. The summed E-state index contributed by atoms with van der Waals surface area (Å²) < 4.78 is 10.0. The van der Waals surface area contributed by atoms with Gasteiger partial charge in [-0.05, 0) is 6.42 Å². The molecule has 0 heterocycles. The average Bonchev–Trinajstić information content (AvgIpc) is 2.34. The summed E-state index contributed by atoms with van der Waals surface area (Å²) in [6.07, 6.45) is 1.12. The molecule has 1 amide bonds. The van der Waals surface area contributed by atoms with Crippen molar-refractivity contribution in [2.75, 3.05) is 20.8 Å². The lowest BCUT2D eigenvalue weighted by molar-refractivity contribution is -0.145. The molecular formula is C13H24N2O4. The van der Waals surface area contributed by atoms with E-state index in [-0.39, 0.29) is 23.5 Å². The highest BCUT2D eigenvalue weighted by atomic mass is 16.5. The first-order valence-corrected chi connectivity index (χ1v) is 6.44. The van der Waals surface area contributed by atoms with Crippen LogP contribution in [-0.4, -0.2) is 50.8 Å². The van der Waals surface area contributed by atoms with Gasteiger partial charge >= 0.3 is 5.97 Å². The van der Waals surface area contributed by atoms with Gasteiger partial charge in [0.1, 0.15) is 6.04 Å². The van der Waals surface area contributed by atoms with Gasteiger partial charge in [0.05, 0.1) is 13.2 Å². The summed E-state index contributed by atoms with van der Waals surface area (Å²) in [6, 6.07) is -0.391. The Morgan fingerprint density at radius 2 is 2.00 bits per heavy atom. The fraction of sp³-hybridized carbons (Fsp3) is 0.846. The van der Waals surface area contributed by atoms with Gasteiger partial charge in [-0.25, -0.2) is 4.79 Å². The molecule has 3 atom stereocenters. The summed E-state index contributed by atoms with van der Waals surface area (Å²) in [4.78, 5) is 22.6. The number of esters is 1. The summed E-state index contributed by atoms with van der Waals surface area (Å²) >= 11 is 0. The first-order valence-electron chi connectivity index (χ1n) is 6.44. The Balaban J connectivity index is 2.49. The topological polar surface area (TPSA) is 76.7 Å². The Kier molecular flexibility index (Phi) is 5.31. The summed E-state index contributed by atoms with van der Waals surface area (Å²) in [5.41, 5.74) is 0.0195. The molecule has 0 aliphatic heterocycles. The van der Waals surface area contributed by atoms with Gasteiger partial charge in [-0.1, -0.05) is 13.8 Å². The normalized spacial score (nSPS) is 26.2. The van der Waals surface area contributed by atoms with Crippen LogP contribution < -0.4 is 10.6 Å². The van der Waals surface area contributed by atoms with Crippen molar-refractivity contribution in [1.29, 1.82) is 0 Å². The number of nitrogens with one attached hydrogen (secondary N) is 2. The van der Waals surface area contributed by atoms with E-state index < -0.39 is 12.0 Å². The largest absolute Gasteiger partial charge is 0.467 e. The molecule has 2 N–H and O–H groups in total. The molecule has 6 heteroatoms. The van der Waals surface area contributed by atoms with Crippen LogP contribution in [-0.2, 0) is 19.1 Å². The lowest BCUT2D eigenvalue weighted by atomic mass is 9.64. The molecule has 6 nitrogen and oxygen atoms in total. The molecule has 0 radical (unpaired) electrons. The zero-order valence-electron chi connectivity index (χ0n) is 12.3. The molecule has 0 aromatic carbocycles. The first-order chi connectivity index (χ1) is 8.82. The minimum Gasteiger partial charge on any atom is -0.467 e. The van der Waals surface area contributed by atoms with Crippen LogP contribution in [0.25, 0.3) is 0 Å². The van der Waals surface area contributed by atoms with E-state index in [9.17, 15) is 9.59 Å². The molecule has 0 saturated heterocycles. The van der Waals surface area contributed by atoms with Crippen molar-refractivity contribution in [3.63, 3.8) is 0 Å². The van der Waals surface area contributed by atoms with E-state index in [1.165, 1.54) is 14.0 Å². The second-order valence-electron chi connectivity index (χ2n) is 5.52. The Hall–Kier alpha value is -1.14. The number of ether oxygens (including phenoxy) is 2. The quantitative estimate of drug-likeness (QED) is 0.669. The van der Waals surface area contributed by atoms with E-state index in [4.69, 9.17) is 4.74 Å². The minimum absolute atomic E-state index is 0.0195. The predicted molar refractivity (Wildman–Crippen MR) is 70.6 cm³/mol. The van der Waals surface area contributed by atoms with Gasteiger partial charge in [0.2, 0.25) is 5.91 Å². The predicted octanol–water partition coefficient (Wildman–Crippen LogP) is 0.0672. The molecule has 3 unspecified atom stereocenters. The van der Waals surface area contributed by atoms with Crippen molar-refractivity contribution in [1.82, 2.24) is 10.6 Å². The Morgan fingerprint density at radius 1 is 1.37 bits per heavy atom. The molecule has 1 aliphatic carbocycles. The summed E-state index contributed by atoms with van der Waals surface area (Å²) in [7, 11) is 3.02. The van der Waals surface area contributed by atoms with Crippen LogP contribution in [0.4, 0.5) is 0 Å². The second-order valence-corrected chi connectivity index (χ2v) is 5.52. The van der Waals surface area contributed by atoms with Gasteiger partial charge in [0, 0.05) is 32.0 Å². The smallest absolute Gasteiger partial charge is 0.329 e. The maximum absolute atomic E-state index is 11.5. The average molecular weight is 272 g/mol. The highest BCUT2D eigenvalue weighted by Crippen LogP contribution is 2.42. The van der Waals surface area contributed by atoms with Crippen LogP contribution >= 0.6 is 0 Å². The molecule has 0 aromatic rings. The second kappa shape index (κ2) is 6.34. The van der Waals surface area contributed by atoms with Crippen LogP contribution in [0.3, 0.4) is 0 Å². The van der Waals surface area contributed by atoms with Crippen molar-refractivity contribution in [2.24, 2.45) is 5.41 Å². The lowest BCUT2D eigenvalue weighted by Crippen LogP contribution is -2.62. The number of carbonyl (C=O) groups excluding carboxylic acids is 2. The molecule has 19 heavy (non-hydrogen) atoms. The van der Waals surface area contributed by atoms with Crippen LogP contribution in [0.2, 0.25) is 0 Å². The van der Waals surface area contributed by atoms with Crippen LogP contribution in [0.1, 0.15) is 27.2 Å². The third-order valence-electron chi connectivity index (χ3n) is 3.89. The van der Waals surface area contributed by atoms with Crippen molar-refractivity contribution in [3.8, 4) is 0 Å². The molecule has 1 aliphatic rings. The van der Waals surface area contributed by atoms with Crippen molar-refractivity contribution >= 4 is 11.9 Å². The standard InChI is InChI=1S/C13H24N2O4/c1-8(16)15-9(12(17)19-5)7-14-10-6-11(18-4)13(10,2)3/h9-11,14H,6-7H2,1-5H3,(H,15,16). The van der Waals surface area contributed by atoms with Crippen LogP contribution in [0.5, 0.6) is 0 Å². The van der Waals surface area contributed by atoms with E-state index in [2.05, 4.69) is 29.2 Å². The van der Waals surface area contributed by atoms with Gasteiger partial charge in [0.25, 0.3) is 0 Å². The maximum Gasteiger partial charge on any atom is 0.329 e. The molecule has 1 saturated carbocycles. The van der Waals surface area contributed by atoms with E-state index >= 15 is 0 Å². The summed E-state index contributed by atoms with van der Waals surface area (Å²) in [5, 5.41) is 5.88. The number of hydrogen-bond donors (Lipinski definition) is 2. The van der Waals surface area contributed by atoms with Gasteiger partial charge in [-0.2, -0.15) is 0 Å². The number of rotatable bonds is 6. The van der Waals surface area contributed by atoms with Crippen LogP contribution in [0, 0.1) is 5.41 Å². The number of carbonyl (C=O) groups is 2. The zero-order valence-corrected chi connectivity index (χ0v) is 12.3. The monoisotopic (exact) mass is 272 g/mol. The number of amides is 1. The van der Waals surface area contributed by atoms with E-state index in [0.29, 0.717) is 6.54 Å². The van der Waals surface area contributed by atoms with E-state index in [1.54, 1.807) is 7.11 Å². The highest BCUT2D eigenvalue weighted by molar-refractivity contribution is 5.83. The maximum atomic E-state index is 11.5. The number of methoxy groups -OCH3 is 2. The lowest BCUT2D eigenvalue weighted by Gasteiger charge is -2.51. The molecule has 0 bridgehead atoms. The third kappa shape index (κ3) is 3.67. The Morgan fingerprint density at radius 3 is 2.42 bits per heavy atom. The van der Waals surface area contributed by atoms with Crippen molar-refractivity contribution in [3.05, 3.63) is 0 Å². The summed E-state index contributed by atoms with van der Waals surface area (Å²) in [6.45, 7) is 5.97. The summed E-state index contributed by atoms with van der Waals surface area (Å²) in [5.74, 6) is -0.692. The first kappa shape index (κ1) is 15.9. The molecular weight excluding hydrogens is 248 g/mol. The highest BCUT2D eigenvalue weighted by Gasteiger charge is 2.48. The van der Waals surface area contributed by atoms with E-state index in [1.807, 2.05) is 0 Å². The molecule has 0 spiro atoms. The fourth-order valence-corrected chi connectivity index (χ4v) is 2.47. The third-order valence-corrected chi connectivity index (χ3v) is 3.89. The van der Waals surface area contributed by atoms with Gasteiger partial charge in [0.15, 0.2) is 0 Å². The van der Waals surface area contributed by atoms with E-state index in [0.717, 1.165) is 6.42 Å². The SMILES string of the molecule is COC(=O)C(CNC1CC(OC)C1(C)C)NC(C)=O. The van der Waals surface area contributed by atoms with Crippen molar-refractivity contribution in [2.45, 2.75) is 45.4 Å². The number of hydrogen-bond acceptors (Lipinski definition) is 5. The molecule has 1 rings (SSSR count). The van der Waals surface area contributed by atoms with Gasteiger partial charge in [-0.15, -0.1) is 0 Å².